The summed E-state index contributed by atoms with van der Waals surface area (Å²) in [6, 6.07) is 0.0279. The number of hydrogen-bond acceptors (Lipinski definition) is 4. The van der Waals surface area contributed by atoms with Gasteiger partial charge in [0.2, 0.25) is 5.91 Å². The van der Waals surface area contributed by atoms with Crippen molar-refractivity contribution in [1.29, 1.82) is 0 Å². The first-order valence-corrected chi connectivity index (χ1v) is 6.63. The lowest BCUT2D eigenvalue weighted by atomic mass is 10.2. The molecule has 6 nitrogen and oxygen atoms in total. The van der Waals surface area contributed by atoms with E-state index in [4.69, 9.17) is 0 Å². The van der Waals surface area contributed by atoms with Crippen molar-refractivity contribution in [2.75, 3.05) is 11.1 Å². The number of thioether (sulfide) groups is 1. The number of aromatic amines is 1. The number of anilines is 1. The van der Waals surface area contributed by atoms with E-state index in [0.717, 1.165) is 0 Å². The zero-order valence-electron chi connectivity index (χ0n) is 10.9. The Bertz CT molecular complexity index is 763. The molecule has 0 saturated heterocycles. The highest BCUT2D eigenvalue weighted by Gasteiger charge is 2.23. The smallest absolute Gasteiger partial charge is 0.320 e. The third kappa shape index (κ3) is 3.13. The Hall–Kier alpha value is -2.30. The first-order chi connectivity index (χ1) is 10.3. The van der Waals surface area contributed by atoms with E-state index >= 15 is 0 Å². The van der Waals surface area contributed by atoms with Crippen LogP contribution < -0.4 is 15.6 Å². The average molecular weight is 338 g/mol. The molecule has 0 saturated carbocycles. The molecule has 0 radical (unpaired) electrons. The van der Waals surface area contributed by atoms with Gasteiger partial charge >= 0.3 is 10.7 Å². The number of nitrogens with one attached hydrogen (secondary N) is 2. The Kier molecular flexibility index (Phi) is 4.54. The van der Waals surface area contributed by atoms with Gasteiger partial charge < -0.3 is 5.32 Å². The lowest BCUT2D eigenvalue weighted by Gasteiger charge is -2.07. The molecule has 0 spiro atoms. The van der Waals surface area contributed by atoms with E-state index in [1.165, 1.54) is 11.7 Å². The minimum Gasteiger partial charge on any atom is -0.320 e. The van der Waals surface area contributed by atoms with Crippen molar-refractivity contribution >= 4 is 23.4 Å². The van der Waals surface area contributed by atoms with Crippen LogP contribution in [0.1, 0.15) is 0 Å². The molecule has 2 rings (SSSR count). The molecule has 0 atom stereocenters. The summed E-state index contributed by atoms with van der Waals surface area (Å²) in [4.78, 5) is 22.8. The van der Waals surface area contributed by atoms with Crippen molar-refractivity contribution < 1.29 is 31.6 Å². The molecule has 0 aliphatic rings. The van der Waals surface area contributed by atoms with E-state index in [1.54, 1.807) is 5.32 Å². The van der Waals surface area contributed by atoms with Gasteiger partial charge in [-0.3, -0.25) is 9.32 Å². The minimum atomic E-state index is -1.72. The summed E-state index contributed by atoms with van der Waals surface area (Å²) in [6.45, 7) is 0. The summed E-state index contributed by atoms with van der Waals surface area (Å²) in [7, 11) is 1.44. The third-order valence-corrected chi connectivity index (χ3v) is 3.59. The molecule has 118 valence electrons. The van der Waals surface area contributed by atoms with E-state index in [-0.39, 0.29) is 11.1 Å². The van der Waals surface area contributed by atoms with Crippen LogP contribution in [-0.4, -0.2) is 16.9 Å². The van der Waals surface area contributed by atoms with E-state index in [1.807, 2.05) is 0 Å². The molecule has 0 aliphatic heterocycles. The van der Waals surface area contributed by atoms with Crippen molar-refractivity contribution in [1.82, 2.24) is 5.27 Å². The molecule has 1 aromatic heterocycles. The molecule has 22 heavy (non-hydrogen) atoms. The van der Waals surface area contributed by atoms with Crippen LogP contribution in [0.5, 0.6) is 0 Å². The van der Waals surface area contributed by atoms with Gasteiger partial charge in [0.25, 0.3) is 0 Å². The SMILES string of the molecule is C[n+]1[nH]oc(=O)c1SCC(=O)Nc1c(F)c(F)cc(F)c1F. The quantitative estimate of drug-likeness (QED) is 0.378. The number of benzene rings is 1. The number of H-pyrrole nitrogens is 1. The van der Waals surface area contributed by atoms with Gasteiger partial charge in [-0.15, -0.1) is 0 Å². The maximum absolute atomic E-state index is 13.4. The highest BCUT2D eigenvalue weighted by atomic mass is 32.2. The first kappa shape index (κ1) is 16.1. The van der Waals surface area contributed by atoms with Crippen molar-refractivity contribution in [3.8, 4) is 0 Å². The summed E-state index contributed by atoms with van der Waals surface area (Å²) in [5, 5.41) is 3.95. The molecule has 2 N–H and O–H groups in total. The Morgan fingerprint density at radius 3 is 2.41 bits per heavy atom. The molecular weight excluding hydrogens is 330 g/mol. The van der Waals surface area contributed by atoms with Crippen LogP contribution in [0.4, 0.5) is 23.2 Å². The fourth-order valence-corrected chi connectivity index (χ4v) is 2.21. The van der Waals surface area contributed by atoms with Crippen LogP contribution in [0.15, 0.2) is 20.4 Å². The second-order valence-corrected chi connectivity index (χ2v) is 4.99. The topological polar surface area (TPSA) is 79.0 Å². The highest BCUT2D eigenvalue weighted by Crippen LogP contribution is 2.24. The van der Waals surface area contributed by atoms with Crippen molar-refractivity contribution in [3.05, 3.63) is 39.8 Å². The summed E-state index contributed by atoms with van der Waals surface area (Å²) < 4.78 is 58.3. The minimum absolute atomic E-state index is 0.0279. The molecular formula is C11H8F4N3O3S+. The van der Waals surface area contributed by atoms with Crippen LogP contribution in [0, 0.1) is 23.3 Å². The van der Waals surface area contributed by atoms with E-state index in [9.17, 15) is 27.2 Å². The normalized spacial score (nSPS) is 10.8. The van der Waals surface area contributed by atoms with Gasteiger partial charge in [-0.1, -0.05) is 4.68 Å². The lowest BCUT2D eigenvalue weighted by Crippen LogP contribution is -2.34. The number of rotatable bonds is 4. The lowest BCUT2D eigenvalue weighted by molar-refractivity contribution is -0.772. The third-order valence-electron chi connectivity index (χ3n) is 2.47. The van der Waals surface area contributed by atoms with Gasteiger partial charge in [0.15, 0.2) is 30.3 Å². The highest BCUT2D eigenvalue weighted by molar-refractivity contribution is 7.99. The maximum Gasteiger partial charge on any atom is 0.441 e. The molecule has 1 amide bonds. The predicted molar refractivity (Wildman–Crippen MR) is 66.1 cm³/mol. The molecule has 11 heteroatoms. The number of hydrogen-bond donors (Lipinski definition) is 2. The van der Waals surface area contributed by atoms with Gasteiger partial charge in [0.1, 0.15) is 5.69 Å². The van der Waals surface area contributed by atoms with Crippen LogP contribution >= 0.6 is 11.8 Å². The molecule has 0 unspecified atom stereocenters. The Balaban J connectivity index is 2.12. The second kappa shape index (κ2) is 6.22. The Morgan fingerprint density at radius 1 is 1.32 bits per heavy atom. The number of halogens is 4. The number of carbonyl (C=O) groups is 1. The Labute approximate surface area is 124 Å². The second-order valence-electron chi connectivity index (χ2n) is 4.03. The van der Waals surface area contributed by atoms with Crippen molar-refractivity contribution in [2.45, 2.75) is 5.03 Å². The average Bonchev–Trinajstić information content (AvgIpc) is 2.78. The van der Waals surface area contributed by atoms with Gasteiger partial charge in [-0.25, -0.2) is 22.4 Å². The van der Waals surface area contributed by atoms with Gasteiger partial charge in [0, 0.05) is 6.07 Å². The first-order valence-electron chi connectivity index (χ1n) is 5.64. The van der Waals surface area contributed by atoms with Gasteiger partial charge in [-0.05, 0) is 17.0 Å². The number of amides is 1. The van der Waals surface area contributed by atoms with Crippen LogP contribution in [0.3, 0.4) is 0 Å². The largest absolute Gasteiger partial charge is 0.441 e. The molecule has 0 aliphatic carbocycles. The van der Waals surface area contributed by atoms with Crippen LogP contribution in [-0.2, 0) is 11.8 Å². The fourth-order valence-electron chi connectivity index (χ4n) is 1.48. The van der Waals surface area contributed by atoms with Crippen LogP contribution in [0.25, 0.3) is 0 Å². The van der Waals surface area contributed by atoms with Crippen molar-refractivity contribution in [2.24, 2.45) is 7.05 Å². The summed E-state index contributed by atoms with van der Waals surface area (Å²) in [6.07, 6.45) is 0. The van der Waals surface area contributed by atoms with Gasteiger partial charge in [-0.2, -0.15) is 0 Å². The maximum atomic E-state index is 13.4. The molecule has 1 aromatic carbocycles. The van der Waals surface area contributed by atoms with E-state index in [0.29, 0.717) is 11.8 Å². The molecule has 0 bridgehead atoms. The van der Waals surface area contributed by atoms with E-state index in [2.05, 4.69) is 9.79 Å². The van der Waals surface area contributed by atoms with Gasteiger partial charge in [0.05, 0.1) is 5.75 Å². The predicted octanol–water partition coefficient (Wildman–Crippen LogP) is 1.08. The molecule has 1 heterocycles. The number of aromatic nitrogens is 2. The van der Waals surface area contributed by atoms with Crippen molar-refractivity contribution in [3.63, 3.8) is 0 Å². The molecule has 0 fully saturated rings. The summed E-state index contributed by atoms with van der Waals surface area (Å²) in [5.74, 6) is -8.12. The Morgan fingerprint density at radius 2 is 1.91 bits per heavy atom. The monoisotopic (exact) mass is 338 g/mol. The fraction of sp³-hybridized carbons (Fsp3) is 0.182. The number of nitrogens with zero attached hydrogens (tertiary/aromatic N) is 1. The summed E-state index contributed by atoms with van der Waals surface area (Å²) >= 11 is 0.709. The zero-order valence-corrected chi connectivity index (χ0v) is 11.7. The standard InChI is InChI=1S/C11H7F4N3O3S/c1-18-10(11(20)21-17-18)22-3-6(19)16-9-7(14)4(12)2-5(13)8(9)15/h2H,3H2,1H3,(H-,16,17,19,20)/p+1. The van der Waals surface area contributed by atoms with E-state index < -0.39 is 46.2 Å². The zero-order chi connectivity index (χ0) is 16.4. The van der Waals surface area contributed by atoms with Crippen LogP contribution in [0.2, 0.25) is 0 Å². The summed E-state index contributed by atoms with van der Waals surface area (Å²) in [5.41, 5.74) is -1.97. The number of carbonyl (C=O) groups excluding carboxylic acids is 1. The molecule has 2 aromatic rings. The number of aryl methyl sites for hydroxylation is 1.